The molecule has 0 saturated carbocycles. The van der Waals surface area contributed by atoms with Gasteiger partial charge in [0.1, 0.15) is 0 Å². The maximum atomic E-state index is 9.43. The van der Waals surface area contributed by atoms with Crippen LogP contribution in [0.3, 0.4) is 0 Å². The number of rotatable bonds is 3. The molecule has 2 aromatic rings. The molecule has 0 bridgehead atoms. The Balaban J connectivity index is 2.57. The van der Waals surface area contributed by atoms with Crippen LogP contribution in [0.15, 0.2) is 48.5 Å². The third-order valence-corrected chi connectivity index (χ3v) is 2.95. The van der Waals surface area contributed by atoms with Crippen molar-refractivity contribution >= 4 is 11.6 Å². The van der Waals surface area contributed by atoms with E-state index in [1.54, 1.807) is 0 Å². The summed E-state index contributed by atoms with van der Waals surface area (Å²) in [4.78, 5) is 0. The lowest BCUT2D eigenvalue weighted by atomic mass is 9.96. The topological polar surface area (TPSA) is 20.2 Å². The van der Waals surface area contributed by atoms with E-state index in [9.17, 15) is 5.11 Å². The lowest BCUT2D eigenvalue weighted by Gasteiger charge is -2.11. The standard InChI is InChI=1S/C14H13ClO/c15-9-12-7-4-8-13(14(12)10-16)11-5-2-1-3-6-11/h1-8,16H,9-10H2. The quantitative estimate of drug-likeness (QED) is 0.802. The van der Waals surface area contributed by atoms with Gasteiger partial charge in [0, 0.05) is 5.88 Å². The zero-order chi connectivity index (χ0) is 11.4. The molecule has 0 aliphatic heterocycles. The Morgan fingerprint density at radius 1 is 0.938 bits per heavy atom. The Kier molecular flexibility index (Phi) is 3.60. The van der Waals surface area contributed by atoms with Crippen molar-refractivity contribution in [2.24, 2.45) is 0 Å². The van der Waals surface area contributed by atoms with Gasteiger partial charge in [-0.15, -0.1) is 11.6 Å². The van der Waals surface area contributed by atoms with Crippen LogP contribution in [0.4, 0.5) is 0 Å². The summed E-state index contributed by atoms with van der Waals surface area (Å²) in [5.74, 6) is 0.427. The van der Waals surface area contributed by atoms with Crippen molar-refractivity contribution in [2.45, 2.75) is 12.5 Å². The van der Waals surface area contributed by atoms with Crippen molar-refractivity contribution in [3.8, 4) is 11.1 Å². The molecule has 2 heteroatoms. The first-order valence-corrected chi connectivity index (χ1v) is 5.73. The molecule has 1 N–H and O–H groups in total. The van der Waals surface area contributed by atoms with Crippen molar-refractivity contribution in [1.82, 2.24) is 0 Å². The summed E-state index contributed by atoms with van der Waals surface area (Å²) in [5.41, 5.74) is 4.08. The Bertz CT molecular complexity index is 465. The molecule has 0 amide bonds. The zero-order valence-electron chi connectivity index (χ0n) is 8.86. The average molecular weight is 233 g/mol. The second-order valence-electron chi connectivity index (χ2n) is 3.60. The molecular formula is C14H13ClO. The molecule has 82 valence electrons. The predicted octanol–water partition coefficient (Wildman–Crippen LogP) is 3.58. The van der Waals surface area contributed by atoms with Gasteiger partial charge in [0.2, 0.25) is 0 Å². The number of hydrogen-bond donors (Lipinski definition) is 1. The molecule has 2 rings (SSSR count). The van der Waals surface area contributed by atoms with E-state index < -0.39 is 0 Å². The van der Waals surface area contributed by atoms with Crippen LogP contribution in [0.1, 0.15) is 11.1 Å². The Morgan fingerprint density at radius 3 is 2.31 bits per heavy atom. The summed E-state index contributed by atoms with van der Waals surface area (Å²) in [7, 11) is 0. The molecule has 0 radical (unpaired) electrons. The van der Waals surface area contributed by atoms with Crippen molar-refractivity contribution < 1.29 is 5.11 Å². The number of halogens is 1. The highest BCUT2D eigenvalue weighted by molar-refractivity contribution is 6.17. The summed E-state index contributed by atoms with van der Waals surface area (Å²) in [6, 6.07) is 16.0. The third-order valence-electron chi connectivity index (χ3n) is 2.66. The molecule has 16 heavy (non-hydrogen) atoms. The molecule has 0 spiro atoms. The first kappa shape index (κ1) is 11.2. The van der Waals surface area contributed by atoms with Crippen molar-refractivity contribution in [3.63, 3.8) is 0 Å². The van der Waals surface area contributed by atoms with Crippen LogP contribution >= 0.6 is 11.6 Å². The predicted molar refractivity (Wildman–Crippen MR) is 67.4 cm³/mol. The Hall–Kier alpha value is -1.31. The fraction of sp³-hybridized carbons (Fsp3) is 0.143. The molecule has 0 aliphatic carbocycles. The molecule has 0 heterocycles. The van der Waals surface area contributed by atoms with E-state index >= 15 is 0 Å². The molecule has 0 unspecified atom stereocenters. The molecule has 0 saturated heterocycles. The van der Waals surface area contributed by atoms with Gasteiger partial charge in [0.15, 0.2) is 0 Å². The first-order chi connectivity index (χ1) is 7.86. The fourth-order valence-electron chi connectivity index (χ4n) is 1.83. The van der Waals surface area contributed by atoms with E-state index in [1.807, 2.05) is 48.5 Å². The van der Waals surface area contributed by atoms with E-state index in [2.05, 4.69) is 0 Å². The zero-order valence-corrected chi connectivity index (χ0v) is 9.61. The summed E-state index contributed by atoms with van der Waals surface area (Å²) < 4.78 is 0. The minimum atomic E-state index is 0.0210. The van der Waals surface area contributed by atoms with Crippen LogP contribution in [0.25, 0.3) is 11.1 Å². The van der Waals surface area contributed by atoms with Crippen LogP contribution < -0.4 is 0 Å². The monoisotopic (exact) mass is 232 g/mol. The van der Waals surface area contributed by atoms with Gasteiger partial charge < -0.3 is 5.11 Å². The molecule has 0 atom stereocenters. The van der Waals surface area contributed by atoms with Gasteiger partial charge in [0.25, 0.3) is 0 Å². The highest BCUT2D eigenvalue weighted by atomic mass is 35.5. The molecule has 0 aliphatic rings. The average Bonchev–Trinajstić information content (AvgIpc) is 2.38. The molecule has 0 fully saturated rings. The second-order valence-corrected chi connectivity index (χ2v) is 3.87. The van der Waals surface area contributed by atoms with E-state index in [4.69, 9.17) is 11.6 Å². The maximum absolute atomic E-state index is 9.43. The summed E-state index contributed by atoms with van der Waals surface area (Å²) in [6.45, 7) is 0.0210. The Labute approximate surface area is 100 Å². The van der Waals surface area contributed by atoms with Crippen LogP contribution in [0, 0.1) is 0 Å². The third kappa shape index (κ3) is 2.11. The SMILES string of the molecule is OCc1c(CCl)cccc1-c1ccccc1. The number of aliphatic hydroxyl groups is 1. The smallest absolute Gasteiger partial charge is 0.0691 e. The first-order valence-electron chi connectivity index (χ1n) is 5.20. The second kappa shape index (κ2) is 5.15. The highest BCUT2D eigenvalue weighted by Gasteiger charge is 2.07. The molecule has 0 aromatic heterocycles. The van der Waals surface area contributed by atoms with Crippen LogP contribution in [-0.4, -0.2) is 5.11 Å². The lowest BCUT2D eigenvalue weighted by Crippen LogP contribution is -1.95. The minimum Gasteiger partial charge on any atom is -0.392 e. The van der Waals surface area contributed by atoms with Gasteiger partial charge >= 0.3 is 0 Å². The normalized spacial score (nSPS) is 10.4. The van der Waals surface area contributed by atoms with Crippen molar-refractivity contribution in [1.29, 1.82) is 0 Å². The van der Waals surface area contributed by atoms with Gasteiger partial charge in [-0.2, -0.15) is 0 Å². The molecule has 1 nitrogen and oxygen atoms in total. The molecular weight excluding hydrogens is 220 g/mol. The number of benzene rings is 2. The van der Waals surface area contributed by atoms with Crippen molar-refractivity contribution in [2.75, 3.05) is 0 Å². The lowest BCUT2D eigenvalue weighted by molar-refractivity contribution is 0.281. The highest BCUT2D eigenvalue weighted by Crippen LogP contribution is 2.27. The van der Waals surface area contributed by atoms with E-state index in [1.165, 1.54) is 0 Å². The fourth-order valence-corrected chi connectivity index (χ4v) is 2.09. The van der Waals surface area contributed by atoms with Gasteiger partial charge in [-0.1, -0.05) is 48.5 Å². The van der Waals surface area contributed by atoms with E-state index in [0.29, 0.717) is 5.88 Å². The van der Waals surface area contributed by atoms with Crippen LogP contribution in [0.5, 0.6) is 0 Å². The summed E-state index contributed by atoms with van der Waals surface area (Å²) in [6.07, 6.45) is 0. The van der Waals surface area contributed by atoms with Crippen LogP contribution in [-0.2, 0) is 12.5 Å². The minimum absolute atomic E-state index is 0.0210. The number of hydrogen-bond acceptors (Lipinski definition) is 1. The van der Waals surface area contributed by atoms with Crippen LogP contribution in [0.2, 0.25) is 0 Å². The summed E-state index contributed by atoms with van der Waals surface area (Å²) in [5, 5.41) is 9.43. The Morgan fingerprint density at radius 2 is 1.69 bits per heavy atom. The summed E-state index contributed by atoms with van der Waals surface area (Å²) >= 11 is 5.86. The molecule has 2 aromatic carbocycles. The van der Waals surface area contributed by atoms with Gasteiger partial charge in [0.05, 0.1) is 6.61 Å². The largest absolute Gasteiger partial charge is 0.392 e. The van der Waals surface area contributed by atoms with Gasteiger partial charge in [-0.3, -0.25) is 0 Å². The van der Waals surface area contributed by atoms with Crippen molar-refractivity contribution in [3.05, 3.63) is 59.7 Å². The van der Waals surface area contributed by atoms with Gasteiger partial charge in [-0.05, 0) is 22.3 Å². The number of alkyl halides is 1. The number of aliphatic hydroxyl groups excluding tert-OH is 1. The van der Waals surface area contributed by atoms with E-state index in [-0.39, 0.29) is 6.61 Å². The van der Waals surface area contributed by atoms with E-state index in [0.717, 1.165) is 22.3 Å². The van der Waals surface area contributed by atoms with Gasteiger partial charge in [-0.25, -0.2) is 0 Å². The maximum Gasteiger partial charge on any atom is 0.0691 e.